The van der Waals surface area contributed by atoms with Crippen LogP contribution in [0.1, 0.15) is 53.1 Å². The Labute approximate surface area is 173 Å². The lowest BCUT2D eigenvalue weighted by Crippen LogP contribution is -2.36. The van der Waals surface area contributed by atoms with E-state index >= 15 is 0 Å². The van der Waals surface area contributed by atoms with Gasteiger partial charge in [-0.1, -0.05) is 31.2 Å². The number of rotatable bonds is 4. The number of halogens is 1. The molecule has 1 saturated heterocycles. The van der Waals surface area contributed by atoms with Gasteiger partial charge < -0.3 is 14.1 Å². The van der Waals surface area contributed by atoms with E-state index in [9.17, 15) is 14.0 Å². The minimum absolute atomic E-state index is 0.0432. The highest BCUT2D eigenvalue weighted by molar-refractivity contribution is 5.99. The zero-order chi connectivity index (χ0) is 20.8. The summed E-state index contributed by atoms with van der Waals surface area (Å²) in [4.78, 5) is 28.4. The van der Waals surface area contributed by atoms with Gasteiger partial charge in [-0.05, 0) is 48.6 Å². The standard InChI is InChI=1S/C24H22FNO4/c1-2-14-5-7-15(8-6-14)21-20-22(27)18-12-16(25)9-10-19(18)30-23(20)24(28)26(21)13-17-4-3-11-29-17/h5-10,12,17,21H,2-4,11,13H2,1H3. The molecule has 1 aromatic heterocycles. The van der Waals surface area contributed by atoms with Crippen LogP contribution in [0.2, 0.25) is 0 Å². The van der Waals surface area contributed by atoms with Crippen LogP contribution in [0.3, 0.4) is 0 Å². The number of aryl methyl sites for hydroxylation is 1. The average molecular weight is 407 g/mol. The van der Waals surface area contributed by atoms with Crippen molar-refractivity contribution in [3.63, 3.8) is 0 Å². The van der Waals surface area contributed by atoms with Gasteiger partial charge in [-0.25, -0.2) is 4.39 Å². The van der Waals surface area contributed by atoms with Crippen LogP contribution in [0.5, 0.6) is 0 Å². The molecule has 2 aliphatic rings. The second-order valence-electron chi connectivity index (χ2n) is 7.90. The van der Waals surface area contributed by atoms with Crippen molar-refractivity contribution in [2.45, 2.75) is 38.3 Å². The molecule has 1 fully saturated rings. The fourth-order valence-electron chi connectivity index (χ4n) is 4.47. The fraction of sp³-hybridized carbons (Fsp3) is 0.333. The van der Waals surface area contributed by atoms with Crippen LogP contribution >= 0.6 is 0 Å². The molecule has 3 heterocycles. The second kappa shape index (κ2) is 7.36. The summed E-state index contributed by atoms with van der Waals surface area (Å²) >= 11 is 0. The van der Waals surface area contributed by atoms with E-state index in [0.29, 0.717) is 13.2 Å². The van der Waals surface area contributed by atoms with E-state index in [1.165, 1.54) is 23.8 Å². The first-order chi connectivity index (χ1) is 14.6. The Balaban J connectivity index is 1.69. The SMILES string of the molecule is CCc1ccc(C2c3c(oc4ccc(F)cc4c3=O)C(=O)N2CC2CCCO2)cc1. The fourth-order valence-corrected chi connectivity index (χ4v) is 4.47. The number of ether oxygens (including phenoxy) is 1. The van der Waals surface area contributed by atoms with Crippen molar-refractivity contribution < 1.29 is 18.3 Å². The van der Waals surface area contributed by atoms with Crippen LogP contribution in [-0.4, -0.2) is 30.1 Å². The van der Waals surface area contributed by atoms with E-state index in [4.69, 9.17) is 9.15 Å². The van der Waals surface area contributed by atoms with Crippen molar-refractivity contribution in [3.8, 4) is 0 Å². The third kappa shape index (κ3) is 3.03. The Morgan fingerprint density at radius 2 is 1.93 bits per heavy atom. The molecule has 1 amide bonds. The van der Waals surface area contributed by atoms with Crippen molar-refractivity contribution >= 4 is 16.9 Å². The molecular formula is C24H22FNO4. The van der Waals surface area contributed by atoms with Gasteiger partial charge in [0.1, 0.15) is 11.4 Å². The number of benzene rings is 2. The summed E-state index contributed by atoms with van der Waals surface area (Å²) in [7, 11) is 0. The Kier molecular flexibility index (Phi) is 4.66. The van der Waals surface area contributed by atoms with E-state index in [-0.39, 0.29) is 39.7 Å². The monoisotopic (exact) mass is 407 g/mol. The highest BCUT2D eigenvalue weighted by Gasteiger charge is 2.43. The van der Waals surface area contributed by atoms with E-state index in [0.717, 1.165) is 24.8 Å². The molecule has 6 heteroatoms. The normalized spacial score (nSPS) is 20.9. The lowest BCUT2D eigenvalue weighted by Gasteiger charge is -2.27. The topological polar surface area (TPSA) is 59.8 Å². The van der Waals surface area contributed by atoms with Crippen molar-refractivity contribution in [1.29, 1.82) is 0 Å². The maximum atomic E-state index is 13.8. The molecule has 2 aromatic carbocycles. The van der Waals surface area contributed by atoms with Crippen molar-refractivity contribution in [2.75, 3.05) is 13.2 Å². The number of fused-ring (bicyclic) bond motifs is 2. The van der Waals surface area contributed by atoms with E-state index < -0.39 is 11.9 Å². The summed E-state index contributed by atoms with van der Waals surface area (Å²) in [6.07, 6.45) is 2.65. The Morgan fingerprint density at radius 3 is 2.63 bits per heavy atom. The summed E-state index contributed by atoms with van der Waals surface area (Å²) in [5, 5.41) is 0.149. The molecular weight excluding hydrogens is 385 g/mol. The number of hydrogen-bond acceptors (Lipinski definition) is 4. The van der Waals surface area contributed by atoms with Crippen LogP contribution in [0, 0.1) is 5.82 Å². The van der Waals surface area contributed by atoms with Crippen LogP contribution < -0.4 is 5.43 Å². The highest BCUT2D eigenvalue weighted by Crippen LogP contribution is 2.39. The molecule has 3 aromatic rings. The van der Waals surface area contributed by atoms with Gasteiger partial charge in [-0.3, -0.25) is 9.59 Å². The summed E-state index contributed by atoms with van der Waals surface area (Å²) in [5.74, 6) is -0.797. The molecule has 0 radical (unpaired) electrons. The van der Waals surface area contributed by atoms with E-state index in [1.54, 1.807) is 4.90 Å². The van der Waals surface area contributed by atoms with Gasteiger partial charge >= 0.3 is 0 Å². The molecule has 5 rings (SSSR count). The number of hydrogen-bond donors (Lipinski definition) is 0. The maximum absolute atomic E-state index is 13.8. The first-order valence-corrected chi connectivity index (χ1v) is 10.3. The molecule has 0 aliphatic carbocycles. The van der Waals surface area contributed by atoms with E-state index in [2.05, 4.69) is 6.92 Å². The first-order valence-electron chi connectivity index (χ1n) is 10.3. The molecule has 154 valence electrons. The molecule has 2 atom stereocenters. The summed E-state index contributed by atoms with van der Waals surface area (Å²) in [5.41, 5.74) is 2.13. The summed E-state index contributed by atoms with van der Waals surface area (Å²) in [6, 6.07) is 11.1. The molecule has 30 heavy (non-hydrogen) atoms. The van der Waals surface area contributed by atoms with Crippen LogP contribution in [0.15, 0.2) is 51.7 Å². The third-order valence-corrected chi connectivity index (χ3v) is 6.06. The molecule has 2 unspecified atom stereocenters. The largest absolute Gasteiger partial charge is 0.450 e. The van der Waals surface area contributed by atoms with Gasteiger partial charge in [0.15, 0.2) is 5.43 Å². The van der Waals surface area contributed by atoms with Gasteiger partial charge in [0.2, 0.25) is 5.76 Å². The maximum Gasteiger partial charge on any atom is 0.291 e. The molecule has 0 N–H and O–H groups in total. The zero-order valence-electron chi connectivity index (χ0n) is 16.7. The van der Waals surface area contributed by atoms with Crippen molar-refractivity contribution in [2.24, 2.45) is 0 Å². The van der Waals surface area contributed by atoms with Crippen molar-refractivity contribution in [3.05, 3.63) is 81.0 Å². The number of amides is 1. The zero-order valence-corrected chi connectivity index (χ0v) is 16.7. The number of carbonyl (C=O) groups is 1. The first kappa shape index (κ1) is 19.0. The minimum atomic E-state index is -0.577. The minimum Gasteiger partial charge on any atom is -0.450 e. The Bertz CT molecular complexity index is 1180. The predicted octanol–water partition coefficient (Wildman–Crippen LogP) is 4.22. The average Bonchev–Trinajstić information content (AvgIpc) is 3.37. The number of nitrogens with zero attached hydrogens (tertiary/aromatic N) is 1. The van der Waals surface area contributed by atoms with Crippen LogP contribution in [0.25, 0.3) is 11.0 Å². The lowest BCUT2D eigenvalue weighted by atomic mass is 9.97. The van der Waals surface area contributed by atoms with Gasteiger partial charge in [-0.2, -0.15) is 0 Å². The van der Waals surface area contributed by atoms with Gasteiger partial charge in [0.05, 0.1) is 23.1 Å². The van der Waals surface area contributed by atoms with Crippen LogP contribution in [0.4, 0.5) is 4.39 Å². The van der Waals surface area contributed by atoms with Gasteiger partial charge in [0, 0.05) is 13.2 Å². The Hall–Kier alpha value is -2.99. The van der Waals surface area contributed by atoms with E-state index in [1.807, 2.05) is 24.3 Å². The molecule has 2 aliphatic heterocycles. The summed E-state index contributed by atoms with van der Waals surface area (Å²) in [6.45, 7) is 3.13. The van der Waals surface area contributed by atoms with Gasteiger partial charge in [0.25, 0.3) is 5.91 Å². The quantitative estimate of drug-likeness (QED) is 0.650. The smallest absolute Gasteiger partial charge is 0.291 e. The third-order valence-electron chi connectivity index (χ3n) is 6.06. The second-order valence-corrected chi connectivity index (χ2v) is 7.90. The lowest BCUT2D eigenvalue weighted by molar-refractivity contribution is 0.0486. The summed E-state index contributed by atoms with van der Waals surface area (Å²) < 4.78 is 25.4. The van der Waals surface area contributed by atoms with Gasteiger partial charge in [-0.15, -0.1) is 0 Å². The predicted molar refractivity (Wildman–Crippen MR) is 110 cm³/mol. The molecule has 0 spiro atoms. The molecule has 0 saturated carbocycles. The van der Waals surface area contributed by atoms with Crippen LogP contribution in [-0.2, 0) is 11.2 Å². The molecule has 0 bridgehead atoms. The highest BCUT2D eigenvalue weighted by atomic mass is 19.1. The molecule has 5 nitrogen and oxygen atoms in total. The number of carbonyl (C=O) groups excluding carboxylic acids is 1. The van der Waals surface area contributed by atoms with Crippen molar-refractivity contribution in [1.82, 2.24) is 4.90 Å². The Morgan fingerprint density at radius 1 is 1.13 bits per heavy atom.